The molecule has 0 spiro atoms. The predicted octanol–water partition coefficient (Wildman–Crippen LogP) is 5.40. The monoisotopic (exact) mass is 649 g/mol. The number of sulfonamides is 1. The molecule has 1 amide bonds. The van der Waals surface area contributed by atoms with E-state index in [0.29, 0.717) is 27.6 Å². The van der Waals surface area contributed by atoms with Crippen LogP contribution in [-0.4, -0.2) is 54.0 Å². The number of hydrogen-bond acceptors (Lipinski definition) is 6. The molecular formula is C30H30Cl2FN3O6S. The Morgan fingerprint density at radius 3 is 2.47 bits per heavy atom. The number of aliphatic carboxylic acids is 1. The summed E-state index contributed by atoms with van der Waals surface area (Å²) in [4.78, 5) is 31.3. The standard InChI is InChI=1S/C30H30Cl2FN3O6S/c1-2-22(17-35-43(40,41)30(12-13-30)28-23(33)7-4-14-34-28)36-26(18-8-10-20(31)11-9-18)27(19-5-3-6-21(32)15-19)42-24(29(36)39)16-25(37)38/h3-11,14-15,22,24,26-27,35H,2,12-13,16-17H2,1H3,(H,37,38)/t22-,24+,26+,27+/m0/s1. The summed E-state index contributed by atoms with van der Waals surface area (Å²) in [6.45, 7) is 1.60. The number of hydrogen-bond donors (Lipinski definition) is 2. The molecule has 0 radical (unpaired) electrons. The summed E-state index contributed by atoms with van der Waals surface area (Å²) in [5.41, 5.74) is 1.12. The van der Waals surface area contributed by atoms with Crippen molar-refractivity contribution < 1.29 is 32.2 Å². The number of rotatable bonds is 11. The maximum absolute atomic E-state index is 14.6. The van der Waals surface area contributed by atoms with Gasteiger partial charge in [-0.05, 0) is 66.8 Å². The van der Waals surface area contributed by atoms with E-state index in [1.54, 1.807) is 55.5 Å². The van der Waals surface area contributed by atoms with Gasteiger partial charge in [-0.3, -0.25) is 14.6 Å². The van der Waals surface area contributed by atoms with Gasteiger partial charge in [-0.1, -0.05) is 54.4 Å². The van der Waals surface area contributed by atoms with Gasteiger partial charge < -0.3 is 14.7 Å². The molecule has 2 aromatic carbocycles. The first-order valence-corrected chi connectivity index (χ1v) is 16.0. The molecule has 1 saturated heterocycles. The maximum Gasteiger partial charge on any atom is 0.306 e. The van der Waals surface area contributed by atoms with Crippen LogP contribution in [-0.2, 0) is 29.1 Å². The second-order valence-corrected chi connectivity index (χ2v) is 13.6. The average Bonchev–Trinajstić information content (AvgIpc) is 3.78. The lowest BCUT2D eigenvalue weighted by Crippen LogP contribution is -2.57. The number of ether oxygens (including phenoxy) is 1. The third-order valence-electron chi connectivity index (χ3n) is 7.96. The molecule has 9 nitrogen and oxygen atoms in total. The molecule has 1 saturated carbocycles. The number of benzene rings is 2. The fourth-order valence-corrected chi connectivity index (χ4v) is 7.71. The van der Waals surface area contributed by atoms with E-state index in [1.165, 1.54) is 23.2 Å². The minimum Gasteiger partial charge on any atom is -0.481 e. The molecule has 2 fully saturated rings. The molecule has 2 heterocycles. The molecule has 2 aliphatic rings. The number of carbonyl (C=O) groups excluding carboxylic acids is 1. The van der Waals surface area contributed by atoms with Crippen LogP contribution in [0.4, 0.5) is 4.39 Å². The van der Waals surface area contributed by atoms with Gasteiger partial charge in [0.15, 0.2) is 0 Å². The molecule has 0 unspecified atom stereocenters. The van der Waals surface area contributed by atoms with E-state index < -0.39 is 63.2 Å². The topological polar surface area (TPSA) is 126 Å². The Morgan fingerprint density at radius 1 is 1.14 bits per heavy atom. The SMILES string of the molecule is CC[C@@H](CNS(=O)(=O)C1(c2ncccc2F)CC1)N1C(=O)[C@@H](CC(=O)O)O[C@H](c2cccc(Cl)c2)[C@H]1c1ccc(Cl)cc1. The van der Waals surface area contributed by atoms with Crippen LogP contribution in [0.25, 0.3) is 0 Å². The van der Waals surface area contributed by atoms with Crippen molar-refractivity contribution in [2.75, 3.05) is 6.54 Å². The predicted molar refractivity (Wildman–Crippen MR) is 158 cm³/mol. The number of morpholine rings is 1. The number of carbonyl (C=O) groups is 2. The Morgan fingerprint density at radius 2 is 1.86 bits per heavy atom. The van der Waals surface area contributed by atoms with Crippen molar-refractivity contribution >= 4 is 45.1 Å². The zero-order valence-electron chi connectivity index (χ0n) is 23.1. The summed E-state index contributed by atoms with van der Waals surface area (Å²) in [6.07, 6.45) is -0.707. The van der Waals surface area contributed by atoms with E-state index in [0.717, 1.165) is 0 Å². The van der Waals surface area contributed by atoms with E-state index in [9.17, 15) is 27.5 Å². The van der Waals surface area contributed by atoms with Gasteiger partial charge in [0.25, 0.3) is 5.91 Å². The number of carboxylic acids is 1. The van der Waals surface area contributed by atoms with Crippen LogP contribution in [0.1, 0.15) is 61.6 Å². The molecule has 2 N–H and O–H groups in total. The minimum absolute atomic E-state index is 0.139. The van der Waals surface area contributed by atoms with Crippen molar-refractivity contribution in [2.45, 2.75) is 61.6 Å². The number of aromatic nitrogens is 1. The number of amides is 1. The first-order chi connectivity index (χ1) is 20.5. The number of halogens is 3. The third kappa shape index (κ3) is 6.28. The maximum atomic E-state index is 14.6. The highest BCUT2D eigenvalue weighted by atomic mass is 35.5. The molecule has 13 heteroatoms. The Balaban J connectivity index is 1.54. The highest BCUT2D eigenvalue weighted by Crippen LogP contribution is 2.52. The molecule has 1 aliphatic carbocycles. The quantitative estimate of drug-likeness (QED) is 0.285. The Kier molecular flexibility index (Phi) is 9.10. The van der Waals surface area contributed by atoms with Crippen LogP contribution in [0.3, 0.4) is 0 Å². The number of nitrogens with zero attached hydrogens (tertiary/aromatic N) is 2. The van der Waals surface area contributed by atoms with Crippen LogP contribution < -0.4 is 4.72 Å². The third-order valence-corrected chi connectivity index (χ3v) is 10.6. The van der Waals surface area contributed by atoms with Gasteiger partial charge in [-0.15, -0.1) is 0 Å². The smallest absolute Gasteiger partial charge is 0.306 e. The molecule has 0 bridgehead atoms. The summed E-state index contributed by atoms with van der Waals surface area (Å²) in [5.74, 6) is -2.53. The van der Waals surface area contributed by atoms with Crippen LogP contribution >= 0.6 is 23.2 Å². The second kappa shape index (κ2) is 12.5. The number of pyridine rings is 1. The number of carboxylic acid groups (broad SMARTS) is 1. The molecule has 5 rings (SSSR count). The largest absolute Gasteiger partial charge is 0.481 e. The van der Waals surface area contributed by atoms with Gasteiger partial charge >= 0.3 is 5.97 Å². The summed E-state index contributed by atoms with van der Waals surface area (Å²) < 4.78 is 49.2. The lowest BCUT2D eigenvalue weighted by molar-refractivity contribution is -0.183. The Hall–Kier alpha value is -3.09. The van der Waals surface area contributed by atoms with E-state index in [4.69, 9.17) is 27.9 Å². The minimum atomic E-state index is -4.13. The van der Waals surface area contributed by atoms with Gasteiger partial charge in [-0.2, -0.15) is 0 Å². The second-order valence-electron chi connectivity index (χ2n) is 10.7. The van der Waals surface area contributed by atoms with E-state index >= 15 is 0 Å². The summed E-state index contributed by atoms with van der Waals surface area (Å²) in [7, 11) is -4.13. The van der Waals surface area contributed by atoms with Crippen molar-refractivity contribution in [1.29, 1.82) is 0 Å². The normalized spacial score (nSPS) is 22.3. The zero-order chi connectivity index (χ0) is 30.9. The van der Waals surface area contributed by atoms with E-state index in [2.05, 4.69) is 9.71 Å². The zero-order valence-corrected chi connectivity index (χ0v) is 25.4. The molecule has 43 heavy (non-hydrogen) atoms. The highest BCUT2D eigenvalue weighted by Gasteiger charge is 2.58. The molecule has 4 atom stereocenters. The molecule has 1 aliphatic heterocycles. The first-order valence-electron chi connectivity index (χ1n) is 13.8. The van der Waals surface area contributed by atoms with Crippen LogP contribution in [0.2, 0.25) is 10.0 Å². The van der Waals surface area contributed by atoms with Crippen molar-refractivity contribution in [3.8, 4) is 0 Å². The lowest BCUT2D eigenvalue weighted by Gasteiger charge is -2.48. The highest BCUT2D eigenvalue weighted by molar-refractivity contribution is 7.90. The summed E-state index contributed by atoms with van der Waals surface area (Å²) in [6, 6.07) is 14.7. The molecule has 1 aromatic heterocycles. The average molecular weight is 651 g/mol. The van der Waals surface area contributed by atoms with Crippen molar-refractivity contribution in [3.63, 3.8) is 0 Å². The summed E-state index contributed by atoms with van der Waals surface area (Å²) in [5, 5.41) is 10.5. The van der Waals surface area contributed by atoms with Crippen LogP contribution in [0, 0.1) is 5.82 Å². The number of nitrogens with one attached hydrogen (secondary N) is 1. The Labute approximate surface area is 259 Å². The van der Waals surface area contributed by atoms with Crippen LogP contribution in [0.5, 0.6) is 0 Å². The van der Waals surface area contributed by atoms with Crippen molar-refractivity contribution in [3.05, 3.63) is 99.5 Å². The van der Waals surface area contributed by atoms with Gasteiger partial charge in [0.1, 0.15) is 22.8 Å². The summed E-state index contributed by atoms with van der Waals surface area (Å²) >= 11 is 12.5. The fourth-order valence-electron chi connectivity index (χ4n) is 5.65. The van der Waals surface area contributed by atoms with Crippen LogP contribution in [0.15, 0.2) is 66.9 Å². The lowest BCUT2D eigenvalue weighted by atomic mass is 9.89. The van der Waals surface area contributed by atoms with Gasteiger partial charge in [0.05, 0.1) is 18.2 Å². The molecular weight excluding hydrogens is 620 g/mol. The van der Waals surface area contributed by atoms with E-state index in [1.807, 2.05) is 0 Å². The fraction of sp³-hybridized carbons (Fsp3) is 0.367. The first kappa shape index (κ1) is 31.3. The Bertz CT molecular complexity index is 1620. The van der Waals surface area contributed by atoms with Gasteiger partial charge in [-0.25, -0.2) is 17.5 Å². The van der Waals surface area contributed by atoms with Crippen molar-refractivity contribution in [1.82, 2.24) is 14.6 Å². The molecule has 228 valence electrons. The van der Waals surface area contributed by atoms with Gasteiger partial charge in [0.2, 0.25) is 10.0 Å². The van der Waals surface area contributed by atoms with Crippen molar-refractivity contribution in [2.24, 2.45) is 0 Å². The van der Waals surface area contributed by atoms with E-state index in [-0.39, 0.29) is 25.1 Å². The molecule has 3 aromatic rings. The van der Waals surface area contributed by atoms with Gasteiger partial charge in [0, 0.05) is 28.8 Å².